The number of hydrogen-bond donors (Lipinski definition) is 0. The molecule has 0 spiro atoms. The zero-order valence-electron chi connectivity index (χ0n) is 15.4. The van der Waals surface area contributed by atoms with Crippen molar-refractivity contribution in [1.29, 1.82) is 5.26 Å². The van der Waals surface area contributed by atoms with E-state index in [1.165, 1.54) is 6.08 Å². The molecule has 0 atom stereocenters. The third-order valence-corrected chi connectivity index (χ3v) is 2.71. The van der Waals surface area contributed by atoms with Gasteiger partial charge in [0.05, 0.1) is 27.2 Å². The largest absolute Gasteiger partial charge is 1.00 e. The molecule has 0 aliphatic carbocycles. The first kappa shape index (κ1) is 24.9. The minimum absolute atomic E-state index is 0. The summed E-state index contributed by atoms with van der Waals surface area (Å²) in [7, 11) is 6.15. The first-order valence-corrected chi connectivity index (χ1v) is 7.67. The summed E-state index contributed by atoms with van der Waals surface area (Å²) in [6.07, 6.45) is 6.96. The van der Waals surface area contributed by atoms with E-state index in [4.69, 9.17) is 10.00 Å². The van der Waals surface area contributed by atoms with E-state index in [0.717, 1.165) is 16.6 Å². The molecular weight excluding hydrogens is 336 g/mol. The van der Waals surface area contributed by atoms with Crippen LogP contribution in [0.1, 0.15) is 12.5 Å². The fourth-order valence-corrected chi connectivity index (χ4v) is 1.36. The number of carbonyl (C=O) groups is 1. The Morgan fingerprint density at radius 1 is 1.24 bits per heavy atom. The van der Waals surface area contributed by atoms with E-state index in [0.29, 0.717) is 12.2 Å². The van der Waals surface area contributed by atoms with Gasteiger partial charge in [-0.05, 0) is 12.5 Å². The lowest BCUT2D eigenvalue weighted by molar-refractivity contribution is -0.870. The minimum Gasteiger partial charge on any atom is -1.00 e. The van der Waals surface area contributed by atoms with Gasteiger partial charge >= 0.3 is 5.97 Å². The highest BCUT2D eigenvalue weighted by molar-refractivity contribution is 5.86. The number of allylic oxidation sites excluding steroid dienone is 3. The van der Waals surface area contributed by atoms with Crippen molar-refractivity contribution in [2.24, 2.45) is 0 Å². The Morgan fingerprint density at radius 3 is 2.32 bits per heavy atom. The second-order valence-corrected chi connectivity index (χ2v) is 6.19. The molecule has 0 unspecified atom stereocenters. The van der Waals surface area contributed by atoms with Gasteiger partial charge in [0.25, 0.3) is 0 Å². The van der Waals surface area contributed by atoms with Gasteiger partial charge in [-0.3, -0.25) is 0 Å². The van der Waals surface area contributed by atoms with Crippen LogP contribution in [0.15, 0.2) is 60.7 Å². The third kappa shape index (κ3) is 16.3. The highest BCUT2D eigenvalue weighted by Gasteiger charge is 2.09. The number of quaternary nitrogens is 1. The van der Waals surface area contributed by atoms with E-state index in [2.05, 4.69) is 27.7 Å². The molecule has 0 saturated carbocycles. The van der Waals surface area contributed by atoms with Gasteiger partial charge in [-0.2, -0.15) is 5.26 Å². The van der Waals surface area contributed by atoms with Gasteiger partial charge < -0.3 is 21.6 Å². The molecule has 136 valence electrons. The molecule has 0 saturated heterocycles. The van der Waals surface area contributed by atoms with E-state index in [-0.39, 0.29) is 18.4 Å². The van der Waals surface area contributed by atoms with Gasteiger partial charge in [-0.1, -0.05) is 55.1 Å². The van der Waals surface area contributed by atoms with Gasteiger partial charge in [0.2, 0.25) is 0 Å². The molecule has 0 bridgehead atoms. The smallest absolute Gasteiger partial charge is 0.333 e. The fourth-order valence-electron chi connectivity index (χ4n) is 1.36. The van der Waals surface area contributed by atoms with Crippen molar-refractivity contribution in [3.05, 3.63) is 66.3 Å². The SMILES string of the molecule is C=C(C)C(=O)OCC[N+](C)(C)C.N#CC=CC=Cc1ccccc1.[Cl-]. The standard InChI is InChI=1S/C11H9N.C9H18NO2.ClH/c12-10-6-2-5-9-11-7-3-1-4-8-11;1-8(2)9(11)12-7-6-10(3,4)5;/h1-9H;1,6-7H2,2-5H3;1H/q;+1;/p-1. The zero-order chi connectivity index (χ0) is 18.4. The first-order chi connectivity index (χ1) is 11.3. The van der Waals surface area contributed by atoms with Crippen LogP contribution >= 0.6 is 0 Å². The van der Waals surface area contributed by atoms with Crippen LogP contribution in [0.3, 0.4) is 0 Å². The number of likely N-dealkylation sites (N-methyl/N-ethyl adjacent to an activating group) is 1. The molecule has 0 heterocycles. The summed E-state index contributed by atoms with van der Waals surface area (Å²) in [6, 6.07) is 11.9. The number of nitriles is 1. The summed E-state index contributed by atoms with van der Waals surface area (Å²) in [5.41, 5.74) is 1.59. The molecule has 5 heteroatoms. The summed E-state index contributed by atoms with van der Waals surface area (Å²) in [4.78, 5) is 10.9. The number of hydrogen-bond acceptors (Lipinski definition) is 3. The zero-order valence-corrected chi connectivity index (χ0v) is 16.2. The Balaban J connectivity index is 0. The average Bonchev–Trinajstić information content (AvgIpc) is 2.52. The number of carbonyl (C=O) groups excluding carboxylic acids is 1. The molecule has 0 aliphatic rings. The molecule has 0 N–H and O–H groups in total. The summed E-state index contributed by atoms with van der Waals surface area (Å²) in [5.74, 6) is -0.302. The fraction of sp³-hybridized carbons (Fsp3) is 0.300. The Morgan fingerprint density at radius 2 is 1.84 bits per heavy atom. The molecule has 25 heavy (non-hydrogen) atoms. The maximum atomic E-state index is 10.9. The normalized spacial score (nSPS) is 10.4. The Labute approximate surface area is 157 Å². The van der Waals surface area contributed by atoms with Crippen molar-refractivity contribution >= 4 is 12.0 Å². The number of rotatable bonds is 6. The second-order valence-electron chi connectivity index (χ2n) is 6.19. The van der Waals surface area contributed by atoms with Crippen LogP contribution < -0.4 is 12.4 Å². The van der Waals surface area contributed by atoms with E-state index in [9.17, 15) is 4.79 Å². The third-order valence-electron chi connectivity index (χ3n) is 2.71. The van der Waals surface area contributed by atoms with E-state index in [1.807, 2.05) is 48.6 Å². The maximum absolute atomic E-state index is 10.9. The Bertz CT molecular complexity index is 609. The van der Waals surface area contributed by atoms with Gasteiger partial charge in [0.15, 0.2) is 0 Å². The number of esters is 1. The first-order valence-electron chi connectivity index (χ1n) is 7.67. The van der Waals surface area contributed by atoms with Gasteiger partial charge in [-0.15, -0.1) is 0 Å². The van der Waals surface area contributed by atoms with Crippen molar-refractivity contribution in [2.45, 2.75) is 6.92 Å². The second kappa shape index (κ2) is 14.0. The minimum atomic E-state index is -0.302. The molecule has 1 rings (SSSR count). The lowest BCUT2D eigenvalue weighted by Crippen LogP contribution is -3.00. The molecule has 0 amide bonds. The summed E-state index contributed by atoms with van der Waals surface area (Å²) in [6.45, 7) is 6.41. The van der Waals surface area contributed by atoms with Crippen molar-refractivity contribution in [3.63, 3.8) is 0 Å². The van der Waals surface area contributed by atoms with Gasteiger partial charge in [0, 0.05) is 11.6 Å². The summed E-state index contributed by atoms with van der Waals surface area (Å²) in [5, 5.41) is 8.19. The van der Waals surface area contributed by atoms with Crippen LogP contribution in [0.4, 0.5) is 0 Å². The molecular formula is C20H27ClN2O2. The van der Waals surface area contributed by atoms with E-state index < -0.39 is 0 Å². The number of nitrogens with zero attached hydrogens (tertiary/aromatic N) is 2. The number of ether oxygens (including phenoxy) is 1. The molecule has 1 aromatic rings. The molecule has 4 nitrogen and oxygen atoms in total. The lowest BCUT2D eigenvalue weighted by Gasteiger charge is -2.23. The highest BCUT2D eigenvalue weighted by atomic mass is 35.5. The summed E-state index contributed by atoms with van der Waals surface area (Å²) < 4.78 is 5.72. The van der Waals surface area contributed by atoms with Crippen LogP contribution in [-0.2, 0) is 9.53 Å². The molecule has 0 fully saturated rings. The van der Waals surface area contributed by atoms with E-state index in [1.54, 1.807) is 13.0 Å². The van der Waals surface area contributed by atoms with Gasteiger partial charge in [0.1, 0.15) is 13.2 Å². The lowest BCUT2D eigenvalue weighted by atomic mass is 10.2. The van der Waals surface area contributed by atoms with Crippen LogP contribution in [0.5, 0.6) is 0 Å². The van der Waals surface area contributed by atoms with Crippen molar-refractivity contribution in [2.75, 3.05) is 34.3 Å². The molecule has 0 radical (unpaired) electrons. The predicted molar refractivity (Wildman–Crippen MR) is 98.9 cm³/mol. The highest BCUT2D eigenvalue weighted by Crippen LogP contribution is 2.00. The quantitative estimate of drug-likeness (QED) is 0.245. The van der Waals surface area contributed by atoms with Crippen molar-refractivity contribution in [1.82, 2.24) is 0 Å². The molecule has 0 aromatic heterocycles. The van der Waals surface area contributed by atoms with Crippen LogP contribution in [0.2, 0.25) is 0 Å². The Hall–Kier alpha value is -2.35. The van der Waals surface area contributed by atoms with Crippen LogP contribution in [0.25, 0.3) is 6.08 Å². The van der Waals surface area contributed by atoms with Crippen LogP contribution in [-0.4, -0.2) is 44.7 Å². The summed E-state index contributed by atoms with van der Waals surface area (Å²) >= 11 is 0. The maximum Gasteiger partial charge on any atom is 0.333 e. The predicted octanol–water partition coefficient (Wildman–Crippen LogP) is 0.595. The molecule has 1 aromatic carbocycles. The molecule has 0 aliphatic heterocycles. The van der Waals surface area contributed by atoms with Crippen molar-refractivity contribution in [3.8, 4) is 6.07 Å². The number of benzene rings is 1. The Kier molecular flexibility index (Phi) is 14.0. The van der Waals surface area contributed by atoms with E-state index >= 15 is 0 Å². The number of halogens is 1. The van der Waals surface area contributed by atoms with Crippen molar-refractivity contribution < 1.29 is 26.4 Å². The van der Waals surface area contributed by atoms with Gasteiger partial charge in [-0.25, -0.2) is 4.79 Å². The average molecular weight is 363 g/mol. The topological polar surface area (TPSA) is 50.1 Å². The van der Waals surface area contributed by atoms with Crippen LogP contribution in [0, 0.1) is 11.3 Å². The monoisotopic (exact) mass is 362 g/mol.